The average Bonchev–Trinajstić information content (AvgIpc) is 2.87. The second-order valence-corrected chi connectivity index (χ2v) is 8.21. The molecule has 0 saturated heterocycles. The van der Waals surface area contributed by atoms with Crippen LogP contribution in [0.2, 0.25) is 0 Å². The van der Waals surface area contributed by atoms with Gasteiger partial charge in [-0.25, -0.2) is 19.3 Å². The molecular formula is C25H26FN7O. The van der Waals surface area contributed by atoms with Crippen molar-refractivity contribution in [2.45, 2.75) is 19.8 Å². The number of carbonyl (C=O) groups excluding carboxylic acids is 1. The van der Waals surface area contributed by atoms with Gasteiger partial charge in [0.25, 0.3) is 5.91 Å². The molecule has 0 saturated carbocycles. The Kier molecular flexibility index (Phi) is 6.62. The third-order valence-electron chi connectivity index (χ3n) is 6.06. The maximum atomic E-state index is 13.8. The molecule has 0 aliphatic rings. The second kappa shape index (κ2) is 9.78. The Hall–Kier alpha value is -4.14. The Bertz CT molecular complexity index is 1340. The van der Waals surface area contributed by atoms with E-state index in [9.17, 15) is 9.18 Å². The molecule has 3 heterocycles. The number of halogens is 1. The molecule has 4 aromatic rings. The van der Waals surface area contributed by atoms with E-state index in [1.807, 2.05) is 12.1 Å². The number of nitrogen functional groups attached to an aromatic ring is 1. The number of aromatic nitrogens is 4. The maximum absolute atomic E-state index is 13.8. The molecule has 4 rings (SSSR count). The zero-order valence-corrected chi connectivity index (χ0v) is 19.2. The number of amides is 1. The first kappa shape index (κ1) is 23.0. The highest BCUT2D eigenvalue weighted by atomic mass is 19.1. The highest BCUT2D eigenvalue weighted by molar-refractivity contribution is 6.06. The van der Waals surface area contributed by atoms with Gasteiger partial charge in [0.2, 0.25) is 0 Å². The Morgan fingerprint density at radius 2 is 1.94 bits per heavy atom. The van der Waals surface area contributed by atoms with Crippen LogP contribution in [0.1, 0.15) is 35.7 Å². The van der Waals surface area contributed by atoms with Crippen LogP contribution in [0.4, 0.5) is 16.0 Å². The van der Waals surface area contributed by atoms with Gasteiger partial charge in [-0.15, -0.1) is 0 Å². The molecule has 0 radical (unpaired) electrons. The summed E-state index contributed by atoms with van der Waals surface area (Å²) in [6.07, 6.45) is 4.58. The van der Waals surface area contributed by atoms with Gasteiger partial charge in [-0.3, -0.25) is 9.78 Å². The molecule has 0 aliphatic heterocycles. The minimum atomic E-state index is -0.587. The number of hydrogen-bond donors (Lipinski definition) is 3. The van der Waals surface area contributed by atoms with Crippen molar-refractivity contribution >= 4 is 28.4 Å². The fourth-order valence-corrected chi connectivity index (χ4v) is 3.85. The number of nitrogens with zero attached hydrogens (tertiary/aromatic N) is 4. The summed E-state index contributed by atoms with van der Waals surface area (Å²) < 4.78 is 13.8. The highest BCUT2D eigenvalue weighted by Crippen LogP contribution is 2.31. The van der Waals surface area contributed by atoms with Gasteiger partial charge in [-0.05, 0) is 29.5 Å². The lowest BCUT2D eigenvalue weighted by molar-refractivity contribution is 0.0964. The Labute approximate surface area is 196 Å². The van der Waals surface area contributed by atoms with E-state index in [-0.39, 0.29) is 23.6 Å². The van der Waals surface area contributed by atoms with Crippen LogP contribution < -0.4 is 16.4 Å². The summed E-state index contributed by atoms with van der Waals surface area (Å²) in [6, 6.07) is 10.7. The first-order chi connectivity index (χ1) is 16.4. The molecular weight excluding hydrogens is 433 g/mol. The smallest absolute Gasteiger partial charge is 0.251 e. The predicted molar refractivity (Wildman–Crippen MR) is 131 cm³/mol. The van der Waals surface area contributed by atoms with Crippen molar-refractivity contribution in [1.29, 1.82) is 0 Å². The summed E-state index contributed by atoms with van der Waals surface area (Å²) in [4.78, 5) is 29.2. The number of para-hydroxylation sites is 1. The van der Waals surface area contributed by atoms with Gasteiger partial charge in [0, 0.05) is 43.0 Å². The fourth-order valence-electron chi connectivity index (χ4n) is 3.85. The maximum Gasteiger partial charge on any atom is 0.251 e. The molecule has 4 N–H and O–H groups in total. The van der Waals surface area contributed by atoms with Crippen molar-refractivity contribution in [3.63, 3.8) is 0 Å². The van der Waals surface area contributed by atoms with E-state index in [0.29, 0.717) is 29.2 Å². The van der Waals surface area contributed by atoms with Crippen molar-refractivity contribution in [3.8, 4) is 11.3 Å². The monoisotopic (exact) mass is 459 g/mol. The van der Waals surface area contributed by atoms with E-state index < -0.39 is 5.82 Å². The summed E-state index contributed by atoms with van der Waals surface area (Å²) in [5.74, 6) is 0.119. The first-order valence-electron chi connectivity index (χ1n) is 11.0. The van der Waals surface area contributed by atoms with Gasteiger partial charge >= 0.3 is 0 Å². The lowest BCUT2D eigenvalue weighted by Crippen LogP contribution is -2.19. The van der Waals surface area contributed by atoms with Gasteiger partial charge in [0.1, 0.15) is 12.1 Å². The van der Waals surface area contributed by atoms with Gasteiger partial charge in [-0.1, -0.05) is 32.0 Å². The van der Waals surface area contributed by atoms with Crippen LogP contribution in [0.15, 0.2) is 55.1 Å². The standard InChI is InChI=1S/C25H26FN7O/c1-14(11-30-22-10-21(32-13-33-22)16-9-20(26)24(27)31-12-16)15(2)17-5-4-6-18-19(25(34)28-3)7-8-29-23(17)18/h4-10,12-15H,11H2,1-3H3,(H2,27,31)(H,28,34)(H,30,32,33)/t14-,15?/m1/s1. The van der Waals surface area contributed by atoms with Gasteiger partial charge in [0.05, 0.1) is 16.8 Å². The Morgan fingerprint density at radius 3 is 2.71 bits per heavy atom. The number of anilines is 2. The largest absolute Gasteiger partial charge is 0.381 e. The van der Waals surface area contributed by atoms with Crippen molar-refractivity contribution in [2.24, 2.45) is 5.92 Å². The van der Waals surface area contributed by atoms with Crippen LogP contribution in [0.5, 0.6) is 0 Å². The summed E-state index contributed by atoms with van der Waals surface area (Å²) in [5, 5.41) is 6.86. The van der Waals surface area contributed by atoms with Crippen molar-refractivity contribution in [3.05, 3.63) is 72.1 Å². The van der Waals surface area contributed by atoms with Crippen LogP contribution in [0, 0.1) is 11.7 Å². The van der Waals surface area contributed by atoms with E-state index in [4.69, 9.17) is 5.73 Å². The van der Waals surface area contributed by atoms with E-state index >= 15 is 0 Å². The molecule has 0 spiro atoms. The topological polar surface area (TPSA) is 119 Å². The number of carbonyl (C=O) groups is 1. The summed E-state index contributed by atoms with van der Waals surface area (Å²) in [5.41, 5.74) is 9.03. The zero-order chi connectivity index (χ0) is 24.2. The minimum absolute atomic E-state index is 0.136. The molecule has 34 heavy (non-hydrogen) atoms. The number of hydrogen-bond acceptors (Lipinski definition) is 7. The molecule has 0 bridgehead atoms. The van der Waals surface area contributed by atoms with Crippen molar-refractivity contribution in [1.82, 2.24) is 25.3 Å². The molecule has 1 aromatic carbocycles. The Morgan fingerprint density at radius 1 is 1.12 bits per heavy atom. The van der Waals surface area contributed by atoms with Crippen molar-refractivity contribution in [2.75, 3.05) is 24.6 Å². The second-order valence-electron chi connectivity index (χ2n) is 8.21. The number of pyridine rings is 2. The van der Waals surface area contributed by atoms with Crippen LogP contribution in [-0.4, -0.2) is 39.4 Å². The quantitative estimate of drug-likeness (QED) is 0.382. The molecule has 9 heteroatoms. The summed E-state index contributed by atoms with van der Waals surface area (Å²) in [6.45, 7) is 4.92. The van der Waals surface area contributed by atoms with Crippen LogP contribution >= 0.6 is 0 Å². The molecule has 0 aliphatic carbocycles. The van der Waals surface area contributed by atoms with E-state index in [1.54, 1.807) is 25.4 Å². The molecule has 1 unspecified atom stereocenters. The third-order valence-corrected chi connectivity index (χ3v) is 6.06. The number of rotatable bonds is 7. The number of fused-ring (bicyclic) bond motifs is 1. The minimum Gasteiger partial charge on any atom is -0.381 e. The van der Waals surface area contributed by atoms with Gasteiger partial charge in [-0.2, -0.15) is 0 Å². The van der Waals surface area contributed by atoms with Crippen LogP contribution in [-0.2, 0) is 0 Å². The summed E-state index contributed by atoms with van der Waals surface area (Å²) in [7, 11) is 1.62. The third kappa shape index (κ3) is 4.63. The molecule has 174 valence electrons. The number of nitrogens with two attached hydrogens (primary N) is 1. The Balaban J connectivity index is 1.52. The van der Waals surface area contributed by atoms with Crippen molar-refractivity contribution < 1.29 is 9.18 Å². The molecule has 0 fully saturated rings. The summed E-state index contributed by atoms with van der Waals surface area (Å²) >= 11 is 0. The number of benzene rings is 1. The van der Waals surface area contributed by atoms with E-state index in [2.05, 4.69) is 50.5 Å². The number of nitrogens with one attached hydrogen (secondary N) is 2. The van der Waals surface area contributed by atoms with Crippen LogP contribution in [0.3, 0.4) is 0 Å². The van der Waals surface area contributed by atoms with Crippen LogP contribution in [0.25, 0.3) is 22.2 Å². The normalized spacial score (nSPS) is 12.8. The molecule has 2 atom stereocenters. The molecule has 3 aromatic heterocycles. The SMILES string of the molecule is CNC(=O)c1ccnc2c(C(C)[C@H](C)CNc3cc(-c4cnc(N)c(F)c4)ncn3)cccc12. The zero-order valence-electron chi connectivity index (χ0n) is 19.2. The lowest BCUT2D eigenvalue weighted by Gasteiger charge is -2.22. The fraction of sp³-hybridized carbons (Fsp3) is 0.240. The van der Waals surface area contributed by atoms with E-state index in [1.165, 1.54) is 18.6 Å². The van der Waals surface area contributed by atoms with E-state index in [0.717, 1.165) is 16.5 Å². The predicted octanol–water partition coefficient (Wildman–Crippen LogP) is 4.02. The first-order valence-corrected chi connectivity index (χ1v) is 11.0. The lowest BCUT2D eigenvalue weighted by atomic mass is 9.87. The highest BCUT2D eigenvalue weighted by Gasteiger charge is 2.19. The molecule has 1 amide bonds. The van der Waals surface area contributed by atoms with Gasteiger partial charge < -0.3 is 16.4 Å². The average molecular weight is 460 g/mol. The molecule has 8 nitrogen and oxygen atoms in total. The van der Waals surface area contributed by atoms with Gasteiger partial charge in [0.15, 0.2) is 11.6 Å².